The van der Waals surface area contributed by atoms with E-state index in [-0.39, 0.29) is 16.5 Å². The van der Waals surface area contributed by atoms with Crippen molar-refractivity contribution in [2.45, 2.75) is 0 Å². The van der Waals surface area contributed by atoms with Crippen molar-refractivity contribution < 1.29 is 14.1 Å². The molecule has 1 amide bonds. The van der Waals surface area contributed by atoms with Crippen molar-refractivity contribution in [3.8, 4) is 11.3 Å². The minimum Gasteiger partial charge on any atom is -0.451 e. The highest BCUT2D eigenvalue weighted by Crippen LogP contribution is 2.32. The third-order valence-electron chi connectivity index (χ3n) is 3.44. The Morgan fingerprint density at radius 2 is 1.73 bits per heavy atom. The summed E-state index contributed by atoms with van der Waals surface area (Å²) in [5.41, 5.74) is 0.754. The SMILES string of the molecule is O=C(Nc1ccc(Cl)c(Cl)c1)c1ccc(-c2ccc([N+](=O)[O-])cc2Cl)o1. The van der Waals surface area contributed by atoms with Crippen LogP contribution in [0.2, 0.25) is 15.1 Å². The van der Waals surface area contributed by atoms with E-state index in [1.807, 2.05) is 0 Å². The van der Waals surface area contributed by atoms with Crippen LogP contribution in [0.1, 0.15) is 10.6 Å². The molecule has 0 aliphatic carbocycles. The summed E-state index contributed by atoms with van der Waals surface area (Å²) in [6.45, 7) is 0. The van der Waals surface area contributed by atoms with E-state index in [9.17, 15) is 14.9 Å². The van der Waals surface area contributed by atoms with Crippen LogP contribution >= 0.6 is 34.8 Å². The average Bonchev–Trinajstić information content (AvgIpc) is 3.08. The van der Waals surface area contributed by atoms with Gasteiger partial charge in [-0.1, -0.05) is 34.8 Å². The quantitative estimate of drug-likeness (QED) is 0.417. The van der Waals surface area contributed by atoms with Gasteiger partial charge in [0.2, 0.25) is 0 Å². The smallest absolute Gasteiger partial charge is 0.291 e. The van der Waals surface area contributed by atoms with E-state index >= 15 is 0 Å². The highest BCUT2D eigenvalue weighted by atomic mass is 35.5. The normalized spacial score (nSPS) is 10.6. The number of hydrogen-bond donors (Lipinski definition) is 1. The molecule has 0 fully saturated rings. The number of non-ortho nitro benzene ring substituents is 1. The fourth-order valence-corrected chi connectivity index (χ4v) is 2.75. The second kappa shape index (κ2) is 7.37. The van der Waals surface area contributed by atoms with Crippen molar-refractivity contribution in [3.05, 3.63) is 79.5 Å². The van der Waals surface area contributed by atoms with Crippen molar-refractivity contribution in [1.82, 2.24) is 0 Å². The molecule has 3 aromatic rings. The van der Waals surface area contributed by atoms with Crippen LogP contribution in [-0.2, 0) is 0 Å². The minimum absolute atomic E-state index is 0.0421. The van der Waals surface area contributed by atoms with Crippen LogP contribution in [0.3, 0.4) is 0 Å². The molecule has 3 rings (SSSR count). The number of carbonyl (C=O) groups excluding carboxylic acids is 1. The Morgan fingerprint density at radius 3 is 2.38 bits per heavy atom. The average molecular weight is 412 g/mol. The van der Waals surface area contributed by atoms with Gasteiger partial charge in [0, 0.05) is 23.4 Å². The molecule has 0 aliphatic rings. The molecule has 0 spiro atoms. The third-order valence-corrected chi connectivity index (χ3v) is 4.49. The first kappa shape index (κ1) is 18.3. The second-order valence-corrected chi connectivity index (χ2v) is 6.39. The molecule has 0 unspecified atom stereocenters. The first-order valence-electron chi connectivity index (χ1n) is 7.15. The number of carbonyl (C=O) groups is 1. The fourth-order valence-electron chi connectivity index (χ4n) is 2.19. The largest absolute Gasteiger partial charge is 0.451 e. The lowest BCUT2D eigenvalue weighted by molar-refractivity contribution is -0.384. The molecule has 26 heavy (non-hydrogen) atoms. The zero-order valence-electron chi connectivity index (χ0n) is 12.8. The molecule has 6 nitrogen and oxygen atoms in total. The van der Waals surface area contributed by atoms with Gasteiger partial charge in [0.15, 0.2) is 5.76 Å². The molecule has 2 aromatic carbocycles. The Bertz CT molecular complexity index is 1020. The molecule has 0 radical (unpaired) electrons. The predicted molar refractivity (Wildman–Crippen MR) is 100 cm³/mol. The number of nitro benzene ring substituents is 1. The van der Waals surface area contributed by atoms with Crippen LogP contribution in [0.15, 0.2) is 52.9 Å². The van der Waals surface area contributed by atoms with Gasteiger partial charge in [0.05, 0.1) is 20.0 Å². The maximum Gasteiger partial charge on any atom is 0.291 e. The third kappa shape index (κ3) is 3.83. The minimum atomic E-state index is -0.548. The predicted octanol–water partition coefficient (Wildman–Crippen LogP) is 6.07. The number of furan rings is 1. The summed E-state index contributed by atoms with van der Waals surface area (Å²) in [7, 11) is 0. The molecule has 0 bridgehead atoms. The lowest BCUT2D eigenvalue weighted by Crippen LogP contribution is -2.10. The van der Waals surface area contributed by atoms with Gasteiger partial charge in [-0.3, -0.25) is 14.9 Å². The van der Waals surface area contributed by atoms with Gasteiger partial charge in [-0.05, 0) is 36.4 Å². The Labute approximate surface area is 162 Å². The molecule has 0 saturated carbocycles. The Kier molecular flexibility index (Phi) is 5.18. The molecule has 1 aromatic heterocycles. The first-order valence-corrected chi connectivity index (χ1v) is 8.29. The summed E-state index contributed by atoms with van der Waals surface area (Å²) in [6.07, 6.45) is 0. The summed E-state index contributed by atoms with van der Waals surface area (Å²) in [6, 6.07) is 11.7. The van der Waals surface area contributed by atoms with E-state index in [4.69, 9.17) is 39.2 Å². The van der Waals surface area contributed by atoms with Gasteiger partial charge in [-0.15, -0.1) is 0 Å². The molecular formula is C17H9Cl3N2O4. The Morgan fingerprint density at radius 1 is 0.962 bits per heavy atom. The molecular weight excluding hydrogens is 403 g/mol. The number of anilines is 1. The van der Waals surface area contributed by atoms with Crippen LogP contribution in [0.4, 0.5) is 11.4 Å². The monoisotopic (exact) mass is 410 g/mol. The van der Waals surface area contributed by atoms with E-state index in [0.717, 1.165) is 0 Å². The first-order chi connectivity index (χ1) is 12.3. The van der Waals surface area contributed by atoms with Gasteiger partial charge in [0.25, 0.3) is 11.6 Å². The topological polar surface area (TPSA) is 85.4 Å². The second-order valence-electron chi connectivity index (χ2n) is 5.17. The van der Waals surface area contributed by atoms with E-state index in [1.165, 1.54) is 30.3 Å². The molecule has 9 heteroatoms. The highest BCUT2D eigenvalue weighted by Gasteiger charge is 2.16. The number of hydrogen-bond acceptors (Lipinski definition) is 4. The lowest BCUT2D eigenvalue weighted by atomic mass is 10.1. The molecule has 0 atom stereocenters. The summed E-state index contributed by atoms with van der Waals surface area (Å²) in [5.74, 6) is -0.141. The van der Waals surface area contributed by atoms with E-state index in [0.29, 0.717) is 27.1 Å². The number of nitrogens with one attached hydrogen (secondary N) is 1. The van der Waals surface area contributed by atoms with Crippen molar-refractivity contribution in [2.75, 3.05) is 5.32 Å². The number of rotatable bonds is 4. The number of halogens is 3. The van der Waals surface area contributed by atoms with Crippen LogP contribution in [0.25, 0.3) is 11.3 Å². The lowest BCUT2D eigenvalue weighted by Gasteiger charge is -2.05. The van der Waals surface area contributed by atoms with E-state index < -0.39 is 10.8 Å². The van der Waals surface area contributed by atoms with E-state index in [2.05, 4.69) is 5.32 Å². The van der Waals surface area contributed by atoms with Crippen LogP contribution in [0.5, 0.6) is 0 Å². The van der Waals surface area contributed by atoms with Crippen molar-refractivity contribution in [3.63, 3.8) is 0 Å². The number of nitro groups is 1. The zero-order chi connectivity index (χ0) is 18.8. The number of benzene rings is 2. The van der Waals surface area contributed by atoms with Crippen LogP contribution < -0.4 is 5.32 Å². The van der Waals surface area contributed by atoms with Crippen molar-refractivity contribution in [1.29, 1.82) is 0 Å². The van der Waals surface area contributed by atoms with Gasteiger partial charge in [-0.25, -0.2) is 0 Å². The van der Waals surface area contributed by atoms with Gasteiger partial charge < -0.3 is 9.73 Å². The molecule has 1 heterocycles. The van der Waals surface area contributed by atoms with Gasteiger partial charge in [0.1, 0.15) is 5.76 Å². The van der Waals surface area contributed by atoms with Gasteiger partial charge in [-0.2, -0.15) is 0 Å². The van der Waals surface area contributed by atoms with Crippen LogP contribution in [0, 0.1) is 10.1 Å². The highest BCUT2D eigenvalue weighted by molar-refractivity contribution is 6.42. The molecule has 132 valence electrons. The maximum absolute atomic E-state index is 12.3. The van der Waals surface area contributed by atoms with Crippen molar-refractivity contribution >= 4 is 52.1 Å². The summed E-state index contributed by atoms with van der Waals surface area (Å²) >= 11 is 17.8. The fraction of sp³-hybridized carbons (Fsp3) is 0. The number of nitrogens with zero attached hydrogens (tertiary/aromatic N) is 1. The maximum atomic E-state index is 12.3. The molecule has 0 saturated heterocycles. The Hall–Kier alpha value is -2.54. The number of amides is 1. The molecule has 1 N–H and O–H groups in total. The van der Waals surface area contributed by atoms with E-state index in [1.54, 1.807) is 18.2 Å². The molecule has 0 aliphatic heterocycles. The summed E-state index contributed by atoms with van der Waals surface area (Å²) < 4.78 is 5.51. The summed E-state index contributed by atoms with van der Waals surface area (Å²) in [4.78, 5) is 22.5. The summed E-state index contributed by atoms with van der Waals surface area (Å²) in [5, 5.41) is 14.2. The van der Waals surface area contributed by atoms with Crippen LogP contribution in [-0.4, -0.2) is 10.8 Å². The van der Waals surface area contributed by atoms with Crippen molar-refractivity contribution in [2.24, 2.45) is 0 Å². The standard InChI is InChI=1S/C17H9Cl3N2O4/c18-12-4-1-9(7-14(12)20)21-17(23)16-6-5-15(26-16)11-3-2-10(22(24)25)8-13(11)19/h1-8H,(H,21,23). The Balaban J connectivity index is 1.82. The zero-order valence-corrected chi connectivity index (χ0v) is 15.1. The van der Waals surface area contributed by atoms with Gasteiger partial charge >= 0.3 is 0 Å².